The van der Waals surface area contributed by atoms with E-state index in [2.05, 4.69) is 4.98 Å². The molecule has 0 atom stereocenters. The predicted molar refractivity (Wildman–Crippen MR) is 65.4 cm³/mol. The number of nitro groups is 1. The molecular formula is C11H15N3O4. The Hall–Kier alpha value is -2.18. The molecule has 0 bridgehead atoms. The van der Waals surface area contributed by atoms with Crippen LogP contribution in [0.5, 0.6) is 0 Å². The van der Waals surface area contributed by atoms with Gasteiger partial charge in [0.05, 0.1) is 18.0 Å². The van der Waals surface area contributed by atoms with E-state index in [9.17, 15) is 14.9 Å². The molecule has 0 aliphatic heterocycles. The fourth-order valence-corrected chi connectivity index (χ4v) is 1.42. The molecule has 18 heavy (non-hydrogen) atoms. The Bertz CT molecular complexity index is 436. The van der Waals surface area contributed by atoms with E-state index in [1.165, 1.54) is 18.3 Å². The van der Waals surface area contributed by atoms with Crippen molar-refractivity contribution in [2.45, 2.75) is 13.3 Å². The molecule has 0 unspecified atom stereocenters. The highest BCUT2D eigenvalue weighted by Gasteiger charge is 2.18. The van der Waals surface area contributed by atoms with Crippen LogP contribution >= 0.6 is 0 Å². The molecule has 7 nitrogen and oxygen atoms in total. The molecule has 0 saturated heterocycles. The highest BCUT2D eigenvalue weighted by atomic mass is 16.6. The minimum atomic E-state index is -0.497. The second-order valence-electron chi connectivity index (χ2n) is 3.58. The summed E-state index contributed by atoms with van der Waals surface area (Å²) in [5, 5.41) is 10.8. The van der Waals surface area contributed by atoms with Gasteiger partial charge in [-0.05, 0) is 13.0 Å². The van der Waals surface area contributed by atoms with E-state index in [0.29, 0.717) is 13.2 Å². The van der Waals surface area contributed by atoms with Gasteiger partial charge < -0.3 is 9.64 Å². The average molecular weight is 253 g/mol. The van der Waals surface area contributed by atoms with Crippen LogP contribution < -0.4 is 4.90 Å². The molecule has 0 saturated carbocycles. The molecular weight excluding hydrogens is 238 g/mol. The Balaban J connectivity index is 2.69. The van der Waals surface area contributed by atoms with E-state index in [1.807, 2.05) is 0 Å². The van der Waals surface area contributed by atoms with E-state index in [1.54, 1.807) is 18.9 Å². The van der Waals surface area contributed by atoms with Crippen LogP contribution in [0.1, 0.15) is 13.3 Å². The molecule has 1 heterocycles. The van der Waals surface area contributed by atoms with Gasteiger partial charge in [-0.15, -0.1) is 0 Å². The largest absolute Gasteiger partial charge is 0.466 e. The number of aromatic nitrogens is 1. The van der Waals surface area contributed by atoms with Crippen molar-refractivity contribution in [1.82, 2.24) is 4.98 Å². The van der Waals surface area contributed by atoms with Gasteiger partial charge in [0.2, 0.25) is 5.82 Å². The van der Waals surface area contributed by atoms with Gasteiger partial charge in [0.1, 0.15) is 0 Å². The molecule has 0 aliphatic carbocycles. The highest BCUT2D eigenvalue weighted by Crippen LogP contribution is 2.23. The summed E-state index contributed by atoms with van der Waals surface area (Å²) in [6.07, 6.45) is 1.64. The second-order valence-corrected chi connectivity index (χ2v) is 3.58. The molecule has 0 radical (unpaired) electrons. The van der Waals surface area contributed by atoms with E-state index in [-0.39, 0.29) is 23.9 Å². The summed E-state index contributed by atoms with van der Waals surface area (Å²) >= 11 is 0. The van der Waals surface area contributed by atoms with Crippen molar-refractivity contribution >= 4 is 17.5 Å². The number of ether oxygens (including phenoxy) is 1. The van der Waals surface area contributed by atoms with Gasteiger partial charge >= 0.3 is 11.7 Å². The van der Waals surface area contributed by atoms with Crippen molar-refractivity contribution in [1.29, 1.82) is 0 Å². The van der Waals surface area contributed by atoms with Crippen molar-refractivity contribution in [3.05, 3.63) is 28.4 Å². The maximum absolute atomic E-state index is 11.2. The number of pyridine rings is 1. The van der Waals surface area contributed by atoms with E-state index < -0.39 is 4.92 Å². The molecule has 0 amide bonds. The van der Waals surface area contributed by atoms with Gasteiger partial charge in [0.25, 0.3) is 0 Å². The maximum atomic E-state index is 11.2. The number of anilines is 1. The van der Waals surface area contributed by atoms with E-state index in [4.69, 9.17) is 4.74 Å². The topological polar surface area (TPSA) is 85.6 Å². The van der Waals surface area contributed by atoms with Crippen LogP contribution in [-0.2, 0) is 9.53 Å². The fourth-order valence-electron chi connectivity index (χ4n) is 1.42. The third kappa shape index (κ3) is 3.69. The van der Waals surface area contributed by atoms with Gasteiger partial charge in [-0.2, -0.15) is 0 Å². The van der Waals surface area contributed by atoms with Gasteiger partial charge in [-0.25, -0.2) is 4.98 Å². The first-order chi connectivity index (χ1) is 8.56. The number of carbonyl (C=O) groups excluding carboxylic acids is 1. The summed E-state index contributed by atoms with van der Waals surface area (Å²) in [5.74, 6) is -0.0882. The number of rotatable bonds is 6. The van der Waals surface area contributed by atoms with Gasteiger partial charge in [-0.3, -0.25) is 14.9 Å². The number of hydrogen-bond donors (Lipinski definition) is 0. The second kappa shape index (κ2) is 6.53. The van der Waals surface area contributed by atoms with Crippen LogP contribution in [0.4, 0.5) is 11.5 Å². The molecule has 0 spiro atoms. The summed E-state index contributed by atoms with van der Waals surface area (Å²) in [6.45, 7) is 2.37. The van der Waals surface area contributed by atoms with E-state index >= 15 is 0 Å². The molecule has 1 aromatic heterocycles. The summed E-state index contributed by atoms with van der Waals surface area (Å²) in [6, 6.07) is 2.88. The zero-order valence-electron chi connectivity index (χ0n) is 10.3. The molecule has 0 fully saturated rings. The van der Waals surface area contributed by atoms with Crippen LogP contribution in [0.3, 0.4) is 0 Å². The molecule has 0 N–H and O–H groups in total. The fraction of sp³-hybridized carbons (Fsp3) is 0.455. The molecule has 1 rings (SSSR count). The number of hydrogen-bond acceptors (Lipinski definition) is 6. The van der Waals surface area contributed by atoms with Crippen molar-refractivity contribution in [3.8, 4) is 0 Å². The first kappa shape index (κ1) is 13.9. The molecule has 7 heteroatoms. The SMILES string of the molecule is CCOC(=O)CCN(C)c1ncccc1[N+](=O)[O-]. The van der Waals surface area contributed by atoms with Crippen LogP contribution in [0, 0.1) is 10.1 Å². The summed E-state index contributed by atoms with van der Waals surface area (Å²) in [7, 11) is 1.65. The molecule has 0 aliphatic rings. The average Bonchev–Trinajstić information content (AvgIpc) is 2.36. The van der Waals surface area contributed by atoms with Crippen molar-refractivity contribution in [2.24, 2.45) is 0 Å². The Labute approximate surface area is 105 Å². The third-order valence-corrected chi connectivity index (χ3v) is 2.28. The lowest BCUT2D eigenvalue weighted by atomic mass is 10.3. The first-order valence-corrected chi connectivity index (χ1v) is 5.52. The van der Waals surface area contributed by atoms with Gasteiger partial charge in [-0.1, -0.05) is 0 Å². The maximum Gasteiger partial charge on any atom is 0.311 e. The lowest BCUT2D eigenvalue weighted by Crippen LogP contribution is -2.23. The van der Waals surface area contributed by atoms with Crippen LogP contribution in [0.15, 0.2) is 18.3 Å². The normalized spacial score (nSPS) is 9.89. The smallest absolute Gasteiger partial charge is 0.311 e. The molecule has 98 valence electrons. The minimum Gasteiger partial charge on any atom is -0.466 e. The Morgan fingerprint density at radius 2 is 2.33 bits per heavy atom. The van der Waals surface area contributed by atoms with Gasteiger partial charge in [0.15, 0.2) is 0 Å². The zero-order chi connectivity index (χ0) is 13.5. The Morgan fingerprint density at radius 1 is 1.61 bits per heavy atom. The van der Waals surface area contributed by atoms with Crippen molar-refractivity contribution in [2.75, 3.05) is 25.1 Å². The first-order valence-electron chi connectivity index (χ1n) is 5.52. The quantitative estimate of drug-likeness (QED) is 0.432. The standard InChI is InChI=1S/C11H15N3O4/c1-3-18-10(15)6-8-13(2)11-9(14(16)17)5-4-7-12-11/h4-5,7H,3,6,8H2,1-2H3. The molecule has 1 aromatic rings. The molecule has 0 aromatic carbocycles. The number of carbonyl (C=O) groups is 1. The Kier molecular flexibility index (Phi) is 5.04. The van der Waals surface area contributed by atoms with E-state index in [0.717, 1.165) is 0 Å². The summed E-state index contributed by atoms with van der Waals surface area (Å²) in [5.41, 5.74) is -0.0798. The summed E-state index contributed by atoms with van der Waals surface area (Å²) in [4.78, 5) is 27.0. The van der Waals surface area contributed by atoms with Crippen LogP contribution in [0.2, 0.25) is 0 Å². The lowest BCUT2D eigenvalue weighted by molar-refractivity contribution is -0.384. The lowest BCUT2D eigenvalue weighted by Gasteiger charge is -2.16. The zero-order valence-corrected chi connectivity index (χ0v) is 10.3. The number of esters is 1. The minimum absolute atomic E-state index is 0.0798. The van der Waals surface area contributed by atoms with Crippen LogP contribution in [0.25, 0.3) is 0 Å². The Morgan fingerprint density at radius 3 is 2.94 bits per heavy atom. The van der Waals surface area contributed by atoms with Crippen LogP contribution in [-0.4, -0.2) is 36.1 Å². The predicted octanol–water partition coefficient (Wildman–Crippen LogP) is 1.38. The highest BCUT2D eigenvalue weighted by molar-refractivity contribution is 5.70. The van der Waals surface area contributed by atoms with Crippen molar-refractivity contribution < 1.29 is 14.5 Å². The van der Waals surface area contributed by atoms with Crippen molar-refractivity contribution in [3.63, 3.8) is 0 Å². The summed E-state index contributed by atoms with van der Waals surface area (Å²) < 4.78 is 4.79. The number of nitrogens with zero attached hydrogens (tertiary/aromatic N) is 3. The third-order valence-electron chi connectivity index (χ3n) is 2.28. The monoisotopic (exact) mass is 253 g/mol. The van der Waals surface area contributed by atoms with Gasteiger partial charge in [0, 0.05) is 25.9 Å².